The van der Waals surface area contributed by atoms with Crippen molar-refractivity contribution in [1.82, 2.24) is 9.78 Å². The van der Waals surface area contributed by atoms with Gasteiger partial charge in [-0.15, -0.1) is 0 Å². The van der Waals surface area contributed by atoms with Crippen LogP contribution in [0.4, 0.5) is 17.1 Å². The van der Waals surface area contributed by atoms with E-state index in [1.54, 1.807) is 6.92 Å². The molecule has 1 unspecified atom stereocenters. The maximum Gasteiger partial charge on any atom is 0.307 e. The van der Waals surface area contributed by atoms with Crippen LogP contribution in [-0.4, -0.2) is 30.6 Å². The summed E-state index contributed by atoms with van der Waals surface area (Å²) in [6, 6.07) is 2.40. The van der Waals surface area contributed by atoms with E-state index in [-0.39, 0.29) is 17.1 Å². The fourth-order valence-electron chi connectivity index (χ4n) is 2.04. The number of non-ortho nitro benzene ring substituents is 1. The summed E-state index contributed by atoms with van der Waals surface area (Å²) in [5.41, 5.74) is -0.578. The molecule has 0 aliphatic rings. The molecule has 2 rings (SSSR count). The molecule has 0 radical (unpaired) electrons. The van der Waals surface area contributed by atoms with Gasteiger partial charge in [0.1, 0.15) is 24.2 Å². The van der Waals surface area contributed by atoms with Crippen molar-refractivity contribution in [3.05, 3.63) is 50.8 Å². The third kappa shape index (κ3) is 3.45. The first-order valence-corrected chi connectivity index (χ1v) is 6.80. The lowest BCUT2D eigenvalue weighted by molar-refractivity contribution is -0.385. The van der Waals surface area contributed by atoms with Crippen LogP contribution in [0.1, 0.15) is 19.4 Å². The zero-order valence-corrected chi connectivity index (χ0v) is 12.4. The van der Waals surface area contributed by atoms with Gasteiger partial charge in [-0.25, -0.2) is 0 Å². The molecule has 126 valence electrons. The second-order valence-corrected chi connectivity index (χ2v) is 4.81. The minimum absolute atomic E-state index is 0.00861. The Balaban J connectivity index is 2.20. The van der Waals surface area contributed by atoms with Crippen molar-refractivity contribution in [2.75, 3.05) is 5.32 Å². The molecule has 0 saturated heterocycles. The van der Waals surface area contributed by atoms with E-state index in [1.165, 1.54) is 6.07 Å². The standard InChI is InChI=1S/C13H13N5O6/c1-2-11(16-7-9(6-14-16)18(23)24)13(20)15-10-4-3-8(17(21)22)5-12(10)19/h3-7,11,19H,2H2,1H3,(H,15,20). The fraction of sp³-hybridized carbons (Fsp3) is 0.231. The number of nitro groups is 2. The third-order valence-corrected chi connectivity index (χ3v) is 3.26. The number of nitrogens with one attached hydrogen (secondary N) is 1. The number of carbonyl (C=O) groups is 1. The van der Waals surface area contributed by atoms with E-state index < -0.39 is 27.5 Å². The first-order chi connectivity index (χ1) is 11.3. The number of phenolic OH excluding ortho intramolecular Hbond substituents is 1. The number of aromatic nitrogens is 2. The van der Waals surface area contributed by atoms with Crippen LogP contribution in [0.15, 0.2) is 30.6 Å². The summed E-state index contributed by atoms with van der Waals surface area (Å²) in [5.74, 6) is -1.03. The van der Waals surface area contributed by atoms with Crippen molar-refractivity contribution < 1.29 is 19.7 Å². The first kappa shape index (κ1) is 16.9. The summed E-state index contributed by atoms with van der Waals surface area (Å²) in [5, 5.41) is 37.3. The molecule has 1 atom stereocenters. The molecule has 0 bridgehead atoms. The van der Waals surface area contributed by atoms with Crippen LogP contribution in [0.5, 0.6) is 5.75 Å². The predicted molar refractivity (Wildman–Crippen MR) is 81.6 cm³/mol. The van der Waals surface area contributed by atoms with Crippen LogP contribution >= 0.6 is 0 Å². The van der Waals surface area contributed by atoms with Crippen molar-refractivity contribution in [3.8, 4) is 5.75 Å². The van der Waals surface area contributed by atoms with Crippen molar-refractivity contribution in [2.45, 2.75) is 19.4 Å². The minimum atomic E-state index is -0.840. The van der Waals surface area contributed by atoms with E-state index in [1.807, 2.05) is 0 Å². The van der Waals surface area contributed by atoms with Gasteiger partial charge in [0.2, 0.25) is 5.91 Å². The maximum atomic E-state index is 12.3. The minimum Gasteiger partial charge on any atom is -0.506 e. The molecule has 24 heavy (non-hydrogen) atoms. The Morgan fingerprint density at radius 2 is 2.00 bits per heavy atom. The van der Waals surface area contributed by atoms with Crippen LogP contribution in [0.25, 0.3) is 0 Å². The summed E-state index contributed by atoms with van der Waals surface area (Å²) in [6.07, 6.45) is 2.45. The van der Waals surface area contributed by atoms with Gasteiger partial charge in [-0.1, -0.05) is 6.92 Å². The van der Waals surface area contributed by atoms with Gasteiger partial charge in [0.05, 0.1) is 21.6 Å². The quantitative estimate of drug-likeness (QED) is 0.465. The molecule has 2 N–H and O–H groups in total. The molecule has 0 aliphatic heterocycles. The second-order valence-electron chi connectivity index (χ2n) is 4.81. The number of benzene rings is 1. The summed E-state index contributed by atoms with van der Waals surface area (Å²) in [4.78, 5) is 32.3. The Morgan fingerprint density at radius 3 is 2.50 bits per heavy atom. The highest BCUT2D eigenvalue weighted by Crippen LogP contribution is 2.29. The Labute approximate surface area is 134 Å². The van der Waals surface area contributed by atoms with E-state index in [4.69, 9.17) is 0 Å². The molecule has 1 amide bonds. The summed E-state index contributed by atoms with van der Waals surface area (Å²) in [7, 11) is 0. The predicted octanol–water partition coefficient (Wildman–Crippen LogP) is 1.99. The van der Waals surface area contributed by atoms with Crippen LogP contribution in [0, 0.1) is 20.2 Å². The average molecular weight is 335 g/mol. The van der Waals surface area contributed by atoms with Gasteiger partial charge in [0.25, 0.3) is 5.69 Å². The van der Waals surface area contributed by atoms with E-state index in [0.29, 0.717) is 6.42 Å². The van der Waals surface area contributed by atoms with E-state index in [9.17, 15) is 30.1 Å². The topological polar surface area (TPSA) is 153 Å². The van der Waals surface area contributed by atoms with Crippen LogP contribution in [0.2, 0.25) is 0 Å². The molecule has 0 spiro atoms. The molecule has 0 fully saturated rings. The van der Waals surface area contributed by atoms with Crippen molar-refractivity contribution in [3.63, 3.8) is 0 Å². The zero-order chi connectivity index (χ0) is 17.9. The second kappa shape index (κ2) is 6.73. The number of anilines is 1. The number of aromatic hydroxyl groups is 1. The number of nitro benzene ring substituents is 1. The monoisotopic (exact) mass is 335 g/mol. The lowest BCUT2D eigenvalue weighted by Gasteiger charge is -2.15. The smallest absolute Gasteiger partial charge is 0.307 e. The van der Waals surface area contributed by atoms with Crippen molar-refractivity contribution in [1.29, 1.82) is 0 Å². The molecule has 1 aromatic heterocycles. The molecular formula is C13H13N5O6. The van der Waals surface area contributed by atoms with E-state index in [0.717, 1.165) is 29.2 Å². The number of phenols is 1. The highest BCUT2D eigenvalue weighted by molar-refractivity contribution is 5.95. The SMILES string of the molecule is CCC(C(=O)Nc1ccc([N+](=O)[O-])cc1O)n1cc([N+](=O)[O-])cn1. The summed E-state index contributed by atoms with van der Waals surface area (Å²) >= 11 is 0. The lowest BCUT2D eigenvalue weighted by Crippen LogP contribution is -2.26. The molecule has 11 heteroatoms. The highest BCUT2D eigenvalue weighted by atomic mass is 16.6. The van der Waals surface area contributed by atoms with E-state index >= 15 is 0 Å². The normalized spacial score (nSPS) is 11.7. The van der Waals surface area contributed by atoms with Crippen LogP contribution in [0.3, 0.4) is 0 Å². The highest BCUT2D eigenvalue weighted by Gasteiger charge is 2.23. The van der Waals surface area contributed by atoms with Gasteiger partial charge < -0.3 is 10.4 Å². The largest absolute Gasteiger partial charge is 0.506 e. The number of carbonyl (C=O) groups excluding carboxylic acids is 1. The number of hydrogen-bond acceptors (Lipinski definition) is 7. The Morgan fingerprint density at radius 1 is 1.33 bits per heavy atom. The lowest BCUT2D eigenvalue weighted by atomic mass is 10.2. The van der Waals surface area contributed by atoms with Gasteiger partial charge in [0, 0.05) is 6.07 Å². The number of rotatable bonds is 6. The summed E-state index contributed by atoms with van der Waals surface area (Å²) in [6.45, 7) is 1.69. The third-order valence-electron chi connectivity index (χ3n) is 3.26. The average Bonchev–Trinajstić information content (AvgIpc) is 2.99. The number of amides is 1. The van der Waals surface area contributed by atoms with Crippen molar-refractivity contribution in [2.24, 2.45) is 0 Å². The van der Waals surface area contributed by atoms with Gasteiger partial charge in [-0.2, -0.15) is 5.10 Å². The molecular weight excluding hydrogens is 322 g/mol. The Bertz CT molecular complexity index is 802. The Hall–Kier alpha value is -3.50. The maximum absolute atomic E-state index is 12.3. The number of nitrogens with zero attached hydrogens (tertiary/aromatic N) is 4. The van der Waals surface area contributed by atoms with Crippen LogP contribution in [-0.2, 0) is 4.79 Å². The van der Waals surface area contributed by atoms with Crippen molar-refractivity contribution >= 4 is 23.0 Å². The summed E-state index contributed by atoms with van der Waals surface area (Å²) < 4.78 is 1.15. The zero-order valence-electron chi connectivity index (χ0n) is 12.4. The van der Waals surface area contributed by atoms with Gasteiger partial charge in [-0.3, -0.25) is 29.7 Å². The number of hydrogen-bond donors (Lipinski definition) is 2. The Kier molecular flexibility index (Phi) is 4.73. The fourth-order valence-corrected chi connectivity index (χ4v) is 2.04. The molecule has 11 nitrogen and oxygen atoms in total. The molecule has 0 saturated carbocycles. The van der Waals surface area contributed by atoms with Crippen LogP contribution < -0.4 is 5.32 Å². The van der Waals surface area contributed by atoms with E-state index in [2.05, 4.69) is 10.4 Å². The molecule has 1 aromatic carbocycles. The molecule has 0 aliphatic carbocycles. The molecule has 1 heterocycles. The first-order valence-electron chi connectivity index (χ1n) is 6.80. The molecule has 2 aromatic rings. The van der Waals surface area contributed by atoms with Gasteiger partial charge >= 0.3 is 5.69 Å². The van der Waals surface area contributed by atoms with Gasteiger partial charge in [-0.05, 0) is 12.5 Å². The van der Waals surface area contributed by atoms with Gasteiger partial charge in [0.15, 0.2) is 0 Å².